The van der Waals surface area contributed by atoms with Gasteiger partial charge in [-0.05, 0) is 56.2 Å². The van der Waals surface area contributed by atoms with E-state index in [-0.39, 0.29) is 0 Å². The van der Waals surface area contributed by atoms with E-state index in [0.717, 1.165) is 18.4 Å². The minimum Gasteiger partial charge on any atom is -0.317 e. The molecule has 2 aliphatic rings. The number of nitrogens with one attached hydrogen (secondary N) is 1. The van der Waals surface area contributed by atoms with Gasteiger partial charge < -0.3 is 5.32 Å². The standard InChI is InChI=1S/C13H21N3/c1-2-12(3-1)13-8-15-16(10-13)9-11-4-6-14-7-5-11/h8,10-12,14H,1-7,9H2. The molecule has 0 spiro atoms. The molecule has 1 aromatic rings. The molecule has 1 aromatic heterocycles. The summed E-state index contributed by atoms with van der Waals surface area (Å²) in [5, 5.41) is 7.92. The maximum absolute atomic E-state index is 4.51. The molecule has 1 aliphatic carbocycles. The molecule has 0 bridgehead atoms. The van der Waals surface area contributed by atoms with Gasteiger partial charge in [0, 0.05) is 12.7 Å². The molecule has 1 saturated carbocycles. The Morgan fingerprint density at radius 1 is 1.25 bits per heavy atom. The Balaban J connectivity index is 1.58. The van der Waals surface area contributed by atoms with Crippen LogP contribution in [-0.2, 0) is 6.54 Å². The molecule has 1 aliphatic heterocycles. The molecule has 3 heteroatoms. The monoisotopic (exact) mass is 219 g/mol. The van der Waals surface area contributed by atoms with Gasteiger partial charge in [0.2, 0.25) is 0 Å². The summed E-state index contributed by atoms with van der Waals surface area (Å²) in [5.41, 5.74) is 1.47. The van der Waals surface area contributed by atoms with Crippen molar-refractivity contribution in [1.82, 2.24) is 15.1 Å². The normalized spacial score (nSPS) is 23.2. The Morgan fingerprint density at radius 3 is 2.75 bits per heavy atom. The fourth-order valence-corrected chi connectivity index (χ4v) is 2.76. The Labute approximate surface area is 97.2 Å². The van der Waals surface area contributed by atoms with E-state index < -0.39 is 0 Å². The first-order chi connectivity index (χ1) is 7.92. The molecule has 2 heterocycles. The predicted molar refractivity (Wildman–Crippen MR) is 64.4 cm³/mol. The van der Waals surface area contributed by atoms with Crippen LogP contribution in [0.4, 0.5) is 0 Å². The lowest BCUT2D eigenvalue weighted by atomic mass is 9.81. The quantitative estimate of drug-likeness (QED) is 0.844. The largest absolute Gasteiger partial charge is 0.317 e. The molecule has 88 valence electrons. The van der Waals surface area contributed by atoms with Gasteiger partial charge in [-0.3, -0.25) is 4.68 Å². The molecular formula is C13H21N3. The van der Waals surface area contributed by atoms with Crippen molar-refractivity contribution in [2.24, 2.45) is 5.92 Å². The summed E-state index contributed by atoms with van der Waals surface area (Å²) < 4.78 is 2.17. The van der Waals surface area contributed by atoms with Crippen LogP contribution in [0.3, 0.4) is 0 Å². The third-order valence-corrected chi connectivity index (χ3v) is 4.13. The zero-order chi connectivity index (χ0) is 10.8. The molecule has 0 radical (unpaired) electrons. The summed E-state index contributed by atoms with van der Waals surface area (Å²) in [6.07, 6.45) is 11.1. The van der Waals surface area contributed by atoms with Crippen molar-refractivity contribution in [2.75, 3.05) is 13.1 Å². The smallest absolute Gasteiger partial charge is 0.0524 e. The van der Waals surface area contributed by atoms with Crippen molar-refractivity contribution >= 4 is 0 Å². The highest BCUT2D eigenvalue weighted by molar-refractivity contribution is 5.13. The summed E-state index contributed by atoms with van der Waals surface area (Å²) in [7, 11) is 0. The number of nitrogens with zero attached hydrogens (tertiary/aromatic N) is 2. The van der Waals surface area contributed by atoms with Gasteiger partial charge in [0.05, 0.1) is 6.20 Å². The highest BCUT2D eigenvalue weighted by Crippen LogP contribution is 2.35. The number of hydrogen-bond acceptors (Lipinski definition) is 2. The Bertz CT molecular complexity index is 335. The molecule has 1 N–H and O–H groups in total. The molecule has 2 fully saturated rings. The van der Waals surface area contributed by atoms with E-state index in [0.29, 0.717) is 0 Å². The Kier molecular flexibility index (Phi) is 2.96. The van der Waals surface area contributed by atoms with Crippen LogP contribution in [0.25, 0.3) is 0 Å². The molecule has 3 nitrogen and oxygen atoms in total. The second-order valence-corrected chi connectivity index (χ2v) is 5.32. The Hall–Kier alpha value is -0.830. The van der Waals surface area contributed by atoms with E-state index in [9.17, 15) is 0 Å². The minimum atomic E-state index is 0.821. The molecule has 3 rings (SSSR count). The van der Waals surface area contributed by atoms with Crippen LogP contribution in [-0.4, -0.2) is 22.9 Å². The van der Waals surface area contributed by atoms with Crippen molar-refractivity contribution in [3.63, 3.8) is 0 Å². The average molecular weight is 219 g/mol. The van der Waals surface area contributed by atoms with Crippen LogP contribution in [0.1, 0.15) is 43.6 Å². The summed E-state index contributed by atoms with van der Waals surface area (Å²) in [6, 6.07) is 0. The third-order valence-electron chi connectivity index (χ3n) is 4.13. The number of hydrogen-bond donors (Lipinski definition) is 1. The first-order valence-electron chi connectivity index (χ1n) is 6.65. The van der Waals surface area contributed by atoms with Gasteiger partial charge in [-0.15, -0.1) is 0 Å². The first kappa shape index (κ1) is 10.3. The van der Waals surface area contributed by atoms with E-state index in [1.54, 1.807) is 0 Å². The van der Waals surface area contributed by atoms with Crippen molar-refractivity contribution in [2.45, 2.75) is 44.6 Å². The summed E-state index contributed by atoms with van der Waals surface area (Å²) >= 11 is 0. The number of rotatable bonds is 3. The van der Waals surface area contributed by atoms with Crippen LogP contribution in [0.2, 0.25) is 0 Å². The zero-order valence-electron chi connectivity index (χ0n) is 9.86. The Morgan fingerprint density at radius 2 is 2.06 bits per heavy atom. The topological polar surface area (TPSA) is 29.9 Å². The molecular weight excluding hydrogens is 198 g/mol. The highest BCUT2D eigenvalue weighted by Gasteiger charge is 2.21. The molecule has 16 heavy (non-hydrogen) atoms. The van der Waals surface area contributed by atoms with E-state index in [1.807, 2.05) is 0 Å². The average Bonchev–Trinajstić information content (AvgIpc) is 2.65. The molecule has 0 unspecified atom stereocenters. The fraction of sp³-hybridized carbons (Fsp3) is 0.769. The van der Waals surface area contributed by atoms with Gasteiger partial charge in [0.1, 0.15) is 0 Å². The van der Waals surface area contributed by atoms with E-state index in [4.69, 9.17) is 0 Å². The molecule has 0 aromatic carbocycles. The maximum Gasteiger partial charge on any atom is 0.0524 e. The third kappa shape index (κ3) is 2.14. The van der Waals surface area contributed by atoms with Crippen molar-refractivity contribution in [1.29, 1.82) is 0 Å². The van der Waals surface area contributed by atoms with Crippen LogP contribution in [0.15, 0.2) is 12.4 Å². The van der Waals surface area contributed by atoms with Crippen LogP contribution in [0.5, 0.6) is 0 Å². The van der Waals surface area contributed by atoms with E-state index in [2.05, 4.69) is 27.5 Å². The van der Waals surface area contributed by atoms with Crippen LogP contribution >= 0.6 is 0 Å². The second kappa shape index (κ2) is 4.58. The zero-order valence-corrected chi connectivity index (χ0v) is 9.86. The van der Waals surface area contributed by atoms with E-state index in [1.165, 1.54) is 50.8 Å². The molecule has 1 saturated heterocycles. The van der Waals surface area contributed by atoms with Gasteiger partial charge in [-0.1, -0.05) is 6.42 Å². The number of aromatic nitrogens is 2. The molecule has 0 atom stereocenters. The lowest BCUT2D eigenvalue weighted by molar-refractivity contribution is 0.321. The van der Waals surface area contributed by atoms with Gasteiger partial charge in [-0.25, -0.2) is 0 Å². The van der Waals surface area contributed by atoms with Gasteiger partial charge >= 0.3 is 0 Å². The second-order valence-electron chi connectivity index (χ2n) is 5.32. The summed E-state index contributed by atoms with van der Waals surface area (Å²) in [6.45, 7) is 3.48. The fourth-order valence-electron chi connectivity index (χ4n) is 2.76. The van der Waals surface area contributed by atoms with Gasteiger partial charge in [0.15, 0.2) is 0 Å². The van der Waals surface area contributed by atoms with Crippen molar-refractivity contribution in [3.05, 3.63) is 18.0 Å². The highest BCUT2D eigenvalue weighted by atomic mass is 15.3. The first-order valence-corrected chi connectivity index (χ1v) is 6.65. The maximum atomic E-state index is 4.51. The van der Waals surface area contributed by atoms with Crippen molar-refractivity contribution in [3.8, 4) is 0 Å². The minimum absolute atomic E-state index is 0.821. The SMILES string of the molecule is c1nn(CC2CCNCC2)cc1C1CCC1. The van der Waals surface area contributed by atoms with E-state index >= 15 is 0 Å². The lowest BCUT2D eigenvalue weighted by Crippen LogP contribution is -2.29. The van der Waals surface area contributed by atoms with Crippen LogP contribution < -0.4 is 5.32 Å². The summed E-state index contributed by atoms with van der Waals surface area (Å²) in [5.74, 6) is 1.65. The molecule has 0 amide bonds. The van der Waals surface area contributed by atoms with Crippen LogP contribution in [0, 0.1) is 5.92 Å². The summed E-state index contributed by atoms with van der Waals surface area (Å²) in [4.78, 5) is 0. The van der Waals surface area contributed by atoms with Gasteiger partial charge in [0.25, 0.3) is 0 Å². The lowest BCUT2D eigenvalue weighted by Gasteiger charge is -2.24. The number of piperidine rings is 1. The van der Waals surface area contributed by atoms with Crippen molar-refractivity contribution < 1.29 is 0 Å². The predicted octanol–water partition coefficient (Wildman–Crippen LogP) is 2.15. The van der Waals surface area contributed by atoms with Gasteiger partial charge in [-0.2, -0.15) is 5.10 Å².